The van der Waals surface area contributed by atoms with Gasteiger partial charge in [-0.05, 0) is 36.5 Å². The smallest absolute Gasteiger partial charge is 0.253 e. The second-order valence-corrected chi connectivity index (χ2v) is 6.34. The van der Waals surface area contributed by atoms with Crippen molar-refractivity contribution in [3.63, 3.8) is 0 Å². The summed E-state index contributed by atoms with van der Waals surface area (Å²) in [5.41, 5.74) is 6.74. The molecule has 0 unspecified atom stereocenters. The van der Waals surface area contributed by atoms with Gasteiger partial charge in [0, 0.05) is 17.3 Å². The number of nitrogen functional groups attached to an aromatic ring is 1. The van der Waals surface area contributed by atoms with Crippen LogP contribution in [0.3, 0.4) is 0 Å². The third-order valence-electron chi connectivity index (χ3n) is 4.23. The molecule has 0 radical (unpaired) electrons. The number of benzene rings is 1. The molecule has 0 saturated heterocycles. The van der Waals surface area contributed by atoms with Crippen molar-refractivity contribution < 1.29 is 4.79 Å². The highest BCUT2D eigenvalue weighted by molar-refractivity contribution is 6.31. The van der Waals surface area contributed by atoms with Gasteiger partial charge in [-0.25, -0.2) is 0 Å². The van der Waals surface area contributed by atoms with Crippen molar-refractivity contribution in [1.29, 1.82) is 0 Å². The summed E-state index contributed by atoms with van der Waals surface area (Å²) in [6.07, 6.45) is 6.29. The normalized spacial score (nSPS) is 22.5. The van der Waals surface area contributed by atoms with Crippen LogP contribution in [0.1, 0.15) is 49.4 Å². The molecule has 110 valence electrons. The van der Waals surface area contributed by atoms with Crippen LogP contribution in [-0.4, -0.2) is 12.5 Å². The maximum Gasteiger partial charge on any atom is 0.253 e. The molecule has 0 atom stereocenters. The number of nitrogens with one attached hydrogen (secondary N) is 1. The second kappa shape index (κ2) is 6.98. The van der Waals surface area contributed by atoms with E-state index in [9.17, 15) is 4.79 Å². The van der Waals surface area contributed by atoms with Crippen LogP contribution in [0.5, 0.6) is 0 Å². The maximum absolute atomic E-state index is 12.0. The van der Waals surface area contributed by atoms with Crippen molar-refractivity contribution in [2.75, 3.05) is 12.3 Å². The summed E-state index contributed by atoms with van der Waals surface area (Å²) in [6, 6.07) is 4.98. The van der Waals surface area contributed by atoms with Crippen LogP contribution >= 0.6 is 11.6 Å². The van der Waals surface area contributed by atoms with Crippen molar-refractivity contribution in [2.24, 2.45) is 11.8 Å². The fourth-order valence-electron chi connectivity index (χ4n) is 2.84. The molecule has 1 aromatic rings. The van der Waals surface area contributed by atoms with E-state index >= 15 is 0 Å². The van der Waals surface area contributed by atoms with Gasteiger partial charge in [0.25, 0.3) is 5.91 Å². The van der Waals surface area contributed by atoms with Crippen molar-refractivity contribution >= 4 is 23.2 Å². The Labute approximate surface area is 125 Å². The lowest BCUT2D eigenvalue weighted by atomic mass is 9.81. The first kappa shape index (κ1) is 15.2. The van der Waals surface area contributed by atoms with E-state index in [1.165, 1.54) is 25.7 Å². The molecule has 3 N–H and O–H groups in total. The molecule has 0 aliphatic heterocycles. The molecule has 3 nitrogen and oxygen atoms in total. The lowest BCUT2D eigenvalue weighted by Crippen LogP contribution is -2.27. The first-order chi connectivity index (χ1) is 9.56. The number of carbonyl (C=O) groups excluding carboxylic acids is 1. The van der Waals surface area contributed by atoms with Gasteiger partial charge in [0.1, 0.15) is 0 Å². The molecule has 1 fully saturated rings. The van der Waals surface area contributed by atoms with Crippen LogP contribution < -0.4 is 11.1 Å². The first-order valence-electron chi connectivity index (χ1n) is 7.39. The van der Waals surface area contributed by atoms with Gasteiger partial charge in [-0.15, -0.1) is 0 Å². The van der Waals surface area contributed by atoms with Crippen molar-refractivity contribution in [2.45, 2.75) is 39.0 Å². The minimum atomic E-state index is -0.108. The summed E-state index contributed by atoms with van der Waals surface area (Å²) in [4.78, 5) is 12.0. The molecule has 4 heteroatoms. The Bertz CT molecular complexity index is 468. The Morgan fingerprint density at radius 3 is 2.70 bits per heavy atom. The Kier molecular flexibility index (Phi) is 5.30. The van der Waals surface area contributed by atoms with Gasteiger partial charge in [0.15, 0.2) is 0 Å². The van der Waals surface area contributed by atoms with E-state index in [1.807, 2.05) is 0 Å². The zero-order chi connectivity index (χ0) is 14.5. The van der Waals surface area contributed by atoms with Crippen LogP contribution in [-0.2, 0) is 0 Å². The van der Waals surface area contributed by atoms with Gasteiger partial charge in [-0.1, -0.05) is 44.2 Å². The lowest BCUT2D eigenvalue weighted by molar-refractivity contribution is 0.0950. The summed E-state index contributed by atoms with van der Waals surface area (Å²) >= 11 is 5.83. The summed E-state index contributed by atoms with van der Waals surface area (Å²) in [5, 5.41) is 3.51. The fraction of sp³-hybridized carbons (Fsp3) is 0.562. The molecular formula is C16H23ClN2O. The topological polar surface area (TPSA) is 55.1 Å². The number of amides is 1. The van der Waals surface area contributed by atoms with Gasteiger partial charge in [-0.2, -0.15) is 0 Å². The summed E-state index contributed by atoms with van der Waals surface area (Å²) in [5.74, 6) is 1.52. The monoisotopic (exact) mass is 294 g/mol. The molecule has 0 spiro atoms. The predicted octanol–water partition coefficient (Wildman–Crippen LogP) is 3.87. The van der Waals surface area contributed by atoms with Gasteiger partial charge in [0.2, 0.25) is 0 Å². The molecule has 0 bridgehead atoms. The predicted molar refractivity (Wildman–Crippen MR) is 83.9 cm³/mol. The number of halogens is 1. The van der Waals surface area contributed by atoms with E-state index in [0.717, 1.165) is 24.8 Å². The quantitative estimate of drug-likeness (QED) is 0.828. The number of nitrogens with two attached hydrogens (primary N) is 1. The van der Waals surface area contributed by atoms with Crippen LogP contribution in [0.4, 0.5) is 5.69 Å². The Balaban J connectivity index is 1.77. The fourth-order valence-corrected chi connectivity index (χ4v) is 3.02. The molecule has 1 amide bonds. The van der Waals surface area contributed by atoms with Crippen molar-refractivity contribution in [3.05, 3.63) is 28.8 Å². The van der Waals surface area contributed by atoms with Gasteiger partial charge < -0.3 is 11.1 Å². The average molecular weight is 295 g/mol. The molecule has 20 heavy (non-hydrogen) atoms. The van der Waals surface area contributed by atoms with E-state index in [4.69, 9.17) is 17.3 Å². The average Bonchev–Trinajstić information content (AvgIpc) is 2.41. The van der Waals surface area contributed by atoms with Gasteiger partial charge in [0.05, 0.1) is 5.56 Å². The molecule has 1 saturated carbocycles. The molecule has 1 aliphatic rings. The molecule has 0 aromatic heterocycles. The highest BCUT2D eigenvalue weighted by Gasteiger charge is 2.18. The van der Waals surface area contributed by atoms with Gasteiger partial charge in [-0.3, -0.25) is 4.79 Å². The molecular weight excluding hydrogens is 272 g/mol. The minimum Gasteiger partial charge on any atom is -0.398 e. The number of rotatable bonds is 4. The maximum atomic E-state index is 12.0. The van der Waals surface area contributed by atoms with Crippen LogP contribution in [0, 0.1) is 11.8 Å². The van der Waals surface area contributed by atoms with Crippen LogP contribution in [0.15, 0.2) is 18.2 Å². The number of carbonyl (C=O) groups is 1. The Morgan fingerprint density at radius 1 is 1.35 bits per heavy atom. The van der Waals surface area contributed by atoms with Crippen molar-refractivity contribution in [1.82, 2.24) is 5.32 Å². The highest BCUT2D eigenvalue weighted by atomic mass is 35.5. The van der Waals surface area contributed by atoms with Crippen LogP contribution in [0.2, 0.25) is 5.02 Å². The molecule has 1 aliphatic carbocycles. The number of hydrogen-bond acceptors (Lipinski definition) is 2. The summed E-state index contributed by atoms with van der Waals surface area (Å²) in [6.45, 7) is 3.04. The molecule has 1 aromatic carbocycles. The SMILES string of the molecule is CC1CCC(CCNC(=O)c2ccc(Cl)cc2N)CC1. The summed E-state index contributed by atoms with van der Waals surface area (Å²) < 4.78 is 0. The van der Waals surface area contributed by atoms with E-state index in [2.05, 4.69) is 12.2 Å². The minimum absolute atomic E-state index is 0.108. The van der Waals surface area contributed by atoms with E-state index in [1.54, 1.807) is 18.2 Å². The number of anilines is 1. The van der Waals surface area contributed by atoms with Crippen molar-refractivity contribution in [3.8, 4) is 0 Å². The second-order valence-electron chi connectivity index (χ2n) is 5.90. The standard InChI is InChI=1S/C16H23ClN2O/c1-11-2-4-12(5-3-11)8-9-19-16(20)14-7-6-13(17)10-15(14)18/h6-7,10-12H,2-5,8-9,18H2,1H3,(H,19,20). The molecule has 0 heterocycles. The van der Waals surface area contributed by atoms with Gasteiger partial charge >= 0.3 is 0 Å². The molecule has 2 rings (SSSR count). The summed E-state index contributed by atoms with van der Waals surface area (Å²) in [7, 11) is 0. The third-order valence-corrected chi connectivity index (χ3v) is 4.47. The zero-order valence-corrected chi connectivity index (χ0v) is 12.7. The lowest BCUT2D eigenvalue weighted by Gasteiger charge is -2.26. The van der Waals surface area contributed by atoms with Crippen LogP contribution in [0.25, 0.3) is 0 Å². The zero-order valence-electron chi connectivity index (χ0n) is 12.0. The van der Waals surface area contributed by atoms with E-state index in [0.29, 0.717) is 16.3 Å². The highest BCUT2D eigenvalue weighted by Crippen LogP contribution is 2.30. The third kappa shape index (κ3) is 4.14. The first-order valence-corrected chi connectivity index (χ1v) is 7.77. The number of hydrogen-bond donors (Lipinski definition) is 2. The largest absolute Gasteiger partial charge is 0.398 e. The van der Waals surface area contributed by atoms with E-state index in [-0.39, 0.29) is 5.91 Å². The Hall–Kier alpha value is -1.22. The Morgan fingerprint density at radius 2 is 2.05 bits per heavy atom. The van der Waals surface area contributed by atoms with E-state index < -0.39 is 0 Å².